The average molecular weight is 474 g/mol. The highest BCUT2D eigenvalue weighted by Crippen LogP contribution is 2.43. The van der Waals surface area contributed by atoms with Crippen molar-refractivity contribution in [1.82, 2.24) is 4.90 Å². The minimum Gasteiger partial charge on any atom is -0.497 e. The number of carbonyl (C=O) groups is 3. The molecule has 1 saturated heterocycles. The number of ether oxygens (including phenoxy) is 1. The minimum atomic E-state index is -0.392. The number of imide groups is 1. The molecule has 1 aromatic carbocycles. The maximum Gasteiger partial charge on any atom is 0.244 e. The van der Waals surface area contributed by atoms with E-state index in [-0.39, 0.29) is 39.8 Å². The number of nitrogens with one attached hydrogen (secondary N) is 1. The summed E-state index contributed by atoms with van der Waals surface area (Å²) in [4.78, 5) is 38.7. The molecule has 6 nitrogen and oxygen atoms in total. The van der Waals surface area contributed by atoms with Gasteiger partial charge in [-0.05, 0) is 37.1 Å². The Hall–Kier alpha value is -1.41. The average Bonchev–Trinajstić information content (AvgIpc) is 2.81. The Balaban J connectivity index is 1.64. The summed E-state index contributed by atoms with van der Waals surface area (Å²) in [5.74, 6) is -0.872. The lowest BCUT2D eigenvalue weighted by Gasteiger charge is -2.29. The number of likely N-dealkylation sites (tertiary alicyclic amines) is 1. The maximum atomic E-state index is 12.5. The summed E-state index contributed by atoms with van der Waals surface area (Å²) in [5, 5.41) is 2.70. The molecule has 0 aromatic heterocycles. The van der Waals surface area contributed by atoms with Crippen molar-refractivity contribution in [3.8, 4) is 5.75 Å². The number of hydrogen-bond acceptors (Lipinski definition) is 4. The highest BCUT2D eigenvalue weighted by atomic mass is 79.9. The fraction of sp³-hybridized carbons (Fsp3) is 0.471. The lowest BCUT2D eigenvalue weighted by atomic mass is 9.81. The SMILES string of the molecule is COc1ccc(NC(=O)CN2C(=O)[C@H]3C[C@@H](Br)[C@@H](Br)C[C@H]3C2=O)cc1. The van der Waals surface area contributed by atoms with Crippen molar-refractivity contribution in [2.75, 3.05) is 19.0 Å². The zero-order chi connectivity index (χ0) is 18.1. The third-order valence-electron chi connectivity index (χ3n) is 4.68. The Morgan fingerprint density at radius 1 is 1.12 bits per heavy atom. The number of fused-ring (bicyclic) bond motifs is 1. The Morgan fingerprint density at radius 2 is 1.64 bits per heavy atom. The Kier molecular flexibility index (Phi) is 5.48. The van der Waals surface area contributed by atoms with E-state index in [1.165, 1.54) is 0 Å². The van der Waals surface area contributed by atoms with Crippen LogP contribution in [0.2, 0.25) is 0 Å². The van der Waals surface area contributed by atoms with E-state index >= 15 is 0 Å². The number of anilines is 1. The third kappa shape index (κ3) is 3.74. The van der Waals surface area contributed by atoms with Crippen LogP contribution in [0.3, 0.4) is 0 Å². The summed E-state index contributed by atoms with van der Waals surface area (Å²) in [6.45, 7) is -0.253. The first-order valence-electron chi connectivity index (χ1n) is 7.98. The number of methoxy groups -OCH3 is 1. The second-order valence-corrected chi connectivity index (χ2v) is 8.61. The Bertz CT molecular complexity index is 666. The molecule has 1 aliphatic carbocycles. The molecular weight excluding hydrogens is 456 g/mol. The lowest BCUT2D eigenvalue weighted by Crippen LogP contribution is -2.38. The minimum absolute atomic E-state index is 0.151. The van der Waals surface area contributed by atoms with E-state index in [0.29, 0.717) is 24.3 Å². The van der Waals surface area contributed by atoms with Crippen LogP contribution in [0.25, 0.3) is 0 Å². The van der Waals surface area contributed by atoms with Gasteiger partial charge in [0.2, 0.25) is 17.7 Å². The summed E-state index contributed by atoms with van der Waals surface area (Å²) in [7, 11) is 1.56. The molecule has 1 heterocycles. The number of rotatable bonds is 4. The molecule has 2 aliphatic rings. The van der Waals surface area contributed by atoms with Crippen LogP contribution in [-0.4, -0.2) is 45.9 Å². The van der Waals surface area contributed by atoms with Gasteiger partial charge in [-0.25, -0.2) is 0 Å². The van der Waals surface area contributed by atoms with Crippen molar-refractivity contribution in [2.24, 2.45) is 11.8 Å². The third-order valence-corrected chi connectivity index (χ3v) is 7.41. The number of benzene rings is 1. The van der Waals surface area contributed by atoms with E-state index in [1.54, 1.807) is 31.4 Å². The topological polar surface area (TPSA) is 75.7 Å². The van der Waals surface area contributed by atoms with Gasteiger partial charge < -0.3 is 10.1 Å². The second kappa shape index (κ2) is 7.45. The molecule has 1 N–H and O–H groups in total. The van der Waals surface area contributed by atoms with E-state index in [2.05, 4.69) is 37.2 Å². The van der Waals surface area contributed by atoms with Crippen LogP contribution in [0.5, 0.6) is 5.75 Å². The quantitative estimate of drug-likeness (QED) is 0.538. The number of amides is 3. The van der Waals surface area contributed by atoms with E-state index in [1.807, 2.05) is 0 Å². The largest absolute Gasteiger partial charge is 0.497 e. The van der Waals surface area contributed by atoms with Gasteiger partial charge in [0, 0.05) is 15.3 Å². The molecule has 1 aromatic rings. The van der Waals surface area contributed by atoms with Crippen molar-refractivity contribution in [2.45, 2.75) is 22.5 Å². The molecule has 2 fully saturated rings. The second-order valence-electron chi connectivity index (χ2n) is 6.26. The fourth-order valence-corrected chi connectivity index (χ4v) is 4.58. The van der Waals surface area contributed by atoms with Gasteiger partial charge in [0.1, 0.15) is 12.3 Å². The predicted molar refractivity (Wildman–Crippen MR) is 100.0 cm³/mol. The lowest BCUT2D eigenvalue weighted by molar-refractivity contribution is -0.142. The summed E-state index contributed by atoms with van der Waals surface area (Å²) < 4.78 is 5.06. The molecule has 1 aliphatic heterocycles. The number of halogens is 2. The summed E-state index contributed by atoms with van der Waals surface area (Å²) in [6.07, 6.45) is 1.20. The molecule has 0 unspecified atom stereocenters. The van der Waals surface area contributed by atoms with Gasteiger partial charge in [0.05, 0.1) is 18.9 Å². The monoisotopic (exact) mass is 472 g/mol. The van der Waals surface area contributed by atoms with Gasteiger partial charge in [-0.2, -0.15) is 0 Å². The van der Waals surface area contributed by atoms with Gasteiger partial charge in [-0.3, -0.25) is 19.3 Å². The molecule has 4 atom stereocenters. The zero-order valence-corrected chi connectivity index (χ0v) is 16.7. The van der Waals surface area contributed by atoms with Gasteiger partial charge in [0.25, 0.3) is 0 Å². The van der Waals surface area contributed by atoms with Gasteiger partial charge in [0.15, 0.2) is 0 Å². The number of carbonyl (C=O) groups excluding carboxylic acids is 3. The zero-order valence-electron chi connectivity index (χ0n) is 13.6. The van der Waals surface area contributed by atoms with E-state index in [9.17, 15) is 14.4 Å². The first-order valence-corrected chi connectivity index (χ1v) is 9.81. The Labute approximate surface area is 162 Å². The molecule has 0 radical (unpaired) electrons. The predicted octanol–water partition coefficient (Wildman–Crippen LogP) is 2.56. The molecule has 1 saturated carbocycles. The first kappa shape index (κ1) is 18.4. The van der Waals surface area contributed by atoms with Crippen LogP contribution >= 0.6 is 31.9 Å². The van der Waals surface area contributed by atoms with Gasteiger partial charge in [-0.1, -0.05) is 31.9 Å². The maximum absolute atomic E-state index is 12.5. The molecule has 0 bridgehead atoms. The summed E-state index contributed by atoms with van der Waals surface area (Å²) in [6, 6.07) is 6.86. The van der Waals surface area contributed by atoms with Crippen molar-refractivity contribution < 1.29 is 19.1 Å². The van der Waals surface area contributed by atoms with Crippen molar-refractivity contribution >= 4 is 55.3 Å². The van der Waals surface area contributed by atoms with Crippen LogP contribution in [0, 0.1) is 11.8 Å². The van der Waals surface area contributed by atoms with E-state index in [4.69, 9.17) is 4.74 Å². The van der Waals surface area contributed by atoms with Gasteiger partial charge in [-0.15, -0.1) is 0 Å². The molecule has 25 heavy (non-hydrogen) atoms. The molecule has 3 rings (SSSR count). The molecule has 0 spiro atoms. The van der Waals surface area contributed by atoms with Crippen LogP contribution in [0.1, 0.15) is 12.8 Å². The Morgan fingerprint density at radius 3 is 2.12 bits per heavy atom. The van der Waals surface area contributed by atoms with Crippen LogP contribution < -0.4 is 10.1 Å². The molecular formula is C17H18Br2N2O4. The molecule has 3 amide bonds. The van der Waals surface area contributed by atoms with Crippen LogP contribution in [0.4, 0.5) is 5.69 Å². The smallest absolute Gasteiger partial charge is 0.244 e. The van der Waals surface area contributed by atoms with Crippen molar-refractivity contribution in [3.63, 3.8) is 0 Å². The standard InChI is InChI=1S/C17H18Br2N2O4/c1-25-10-4-2-9(3-5-10)20-15(22)8-21-16(23)11-6-13(18)14(19)7-12(11)17(21)24/h2-5,11-14H,6-8H2,1H3,(H,20,22)/t11-,12+,13+,14-. The van der Waals surface area contributed by atoms with E-state index in [0.717, 1.165) is 4.90 Å². The first-order chi connectivity index (χ1) is 11.9. The van der Waals surface area contributed by atoms with Crippen LogP contribution in [0.15, 0.2) is 24.3 Å². The number of nitrogens with zero attached hydrogens (tertiary/aromatic N) is 1. The highest BCUT2D eigenvalue weighted by Gasteiger charge is 2.52. The van der Waals surface area contributed by atoms with Crippen molar-refractivity contribution in [1.29, 1.82) is 0 Å². The normalized spacial score (nSPS) is 28.7. The number of alkyl halides is 2. The van der Waals surface area contributed by atoms with Crippen molar-refractivity contribution in [3.05, 3.63) is 24.3 Å². The summed E-state index contributed by atoms with van der Waals surface area (Å²) >= 11 is 7.09. The summed E-state index contributed by atoms with van der Waals surface area (Å²) in [5.41, 5.74) is 0.586. The van der Waals surface area contributed by atoms with Crippen LogP contribution in [-0.2, 0) is 14.4 Å². The highest BCUT2D eigenvalue weighted by molar-refractivity contribution is 9.12. The number of hydrogen-bond donors (Lipinski definition) is 1. The van der Waals surface area contributed by atoms with E-state index < -0.39 is 5.91 Å². The fourth-order valence-electron chi connectivity index (χ4n) is 3.34. The van der Waals surface area contributed by atoms with Gasteiger partial charge >= 0.3 is 0 Å². The molecule has 134 valence electrons. The molecule has 8 heteroatoms.